The first-order chi connectivity index (χ1) is 19.8. The molecule has 0 radical (unpaired) electrons. The predicted molar refractivity (Wildman–Crippen MR) is 156 cm³/mol. The summed E-state index contributed by atoms with van der Waals surface area (Å²) in [6.45, 7) is 5.71. The number of ether oxygens (including phenoxy) is 1. The number of nitrogens with zero attached hydrogens (tertiary/aromatic N) is 2. The average Bonchev–Trinajstić information content (AvgIpc) is 3.48. The van der Waals surface area contributed by atoms with E-state index in [1.165, 1.54) is 4.90 Å². The first-order valence-corrected chi connectivity index (χ1v) is 14.2. The molecule has 4 aliphatic rings. The van der Waals surface area contributed by atoms with Crippen molar-refractivity contribution in [2.75, 3.05) is 31.6 Å². The van der Waals surface area contributed by atoms with E-state index >= 15 is 0 Å². The summed E-state index contributed by atoms with van der Waals surface area (Å²) in [6.07, 6.45) is 4.91. The van der Waals surface area contributed by atoms with E-state index in [4.69, 9.17) is 4.74 Å². The summed E-state index contributed by atoms with van der Waals surface area (Å²) < 4.78 is 5.80. The van der Waals surface area contributed by atoms with E-state index in [-0.39, 0.29) is 43.2 Å². The van der Waals surface area contributed by atoms with Gasteiger partial charge < -0.3 is 20.5 Å². The first-order valence-electron chi connectivity index (χ1n) is 14.2. The highest BCUT2D eigenvalue weighted by atomic mass is 16.5. The number of imide groups is 1. The quantitative estimate of drug-likeness (QED) is 0.370. The molecule has 6 rings (SSSR count). The Hall–Kier alpha value is -4.08. The van der Waals surface area contributed by atoms with Gasteiger partial charge in [-0.3, -0.25) is 24.3 Å². The van der Waals surface area contributed by atoms with E-state index < -0.39 is 6.10 Å². The molecule has 1 saturated heterocycles. The van der Waals surface area contributed by atoms with Crippen LogP contribution in [0.3, 0.4) is 0 Å². The molecule has 9 heteroatoms. The van der Waals surface area contributed by atoms with Crippen LogP contribution in [-0.4, -0.2) is 71.7 Å². The number of anilines is 1. The van der Waals surface area contributed by atoms with Crippen LogP contribution < -0.4 is 15.4 Å². The van der Waals surface area contributed by atoms with E-state index in [0.717, 1.165) is 48.3 Å². The number of ketones is 1. The summed E-state index contributed by atoms with van der Waals surface area (Å²) in [6, 6.07) is 9.32. The normalized spacial score (nSPS) is 22.3. The van der Waals surface area contributed by atoms with Crippen molar-refractivity contribution in [3.63, 3.8) is 0 Å². The number of aliphatic hydroxyl groups excluding tert-OH is 1. The fraction of sp³-hybridized carbons (Fsp3) is 0.375. The lowest BCUT2D eigenvalue weighted by atomic mass is 9.94. The number of nitrogens with one attached hydrogen (secondary N) is 2. The number of hydrogen-bond donors (Lipinski definition) is 3. The molecule has 0 aromatic heterocycles. The number of Topliss-reactive ketones (excluding diaryl/α,β-unsaturated/α-hetero) is 1. The minimum Gasteiger partial charge on any atom is -0.491 e. The molecule has 41 heavy (non-hydrogen) atoms. The third-order valence-electron chi connectivity index (χ3n) is 8.12. The zero-order valence-corrected chi connectivity index (χ0v) is 23.3. The average molecular weight is 555 g/mol. The number of amides is 2. The van der Waals surface area contributed by atoms with Gasteiger partial charge in [0.25, 0.3) is 11.8 Å². The van der Waals surface area contributed by atoms with Crippen LogP contribution in [0.5, 0.6) is 5.75 Å². The molecule has 2 aromatic carbocycles. The van der Waals surface area contributed by atoms with Crippen molar-refractivity contribution < 1.29 is 24.2 Å². The number of allylic oxidation sites excluding steroid dienone is 4. The number of aliphatic imine (C=N–C) groups is 1. The number of benzene rings is 2. The molecule has 0 unspecified atom stereocenters. The summed E-state index contributed by atoms with van der Waals surface area (Å²) in [5.74, 6) is 0.156. The molecule has 2 aromatic rings. The number of piperidine rings is 1. The Bertz CT molecular complexity index is 1490. The molecule has 0 spiro atoms. The van der Waals surface area contributed by atoms with Crippen molar-refractivity contribution in [2.45, 2.75) is 51.7 Å². The van der Waals surface area contributed by atoms with Crippen LogP contribution in [0.2, 0.25) is 0 Å². The number of carbonyl (C=O) groups excluding carboxylic acids is 3. The topological polar surface area (TPSA) is 120 Å². The zero-order valence-electron chi connectivity index (χ0n) is 23.3. The second kappa shape index (κ2) is 11.1. The fourth-order valence-electron chi connectivity index (χ4n) is 6.02. The predicted octanol–water partition coefficient (Wildman–Crippen LogP) is 3.28. The summed E-state index contributed by atoms with van der Waals surface area (Å²) in [7, 11) is 0. The molecule has 9 nitrogen and oxygen atoms in total. The van der Waals surface area contributed by atoms with Crippen LogP contribution in [0, 0.1) is 13.8 Å². The van der Waals surface area contributed by atoms with Crippen LogP contribution in [-0.2, 0) is 11.2 Å². The van der Waals surface area contributed by atoms with Gasteiger partial charge in [0.05, 0.1) is 29.0 Å². The van der Waals surface area contributed by atoms with Crippen LogP contribution in [0.1, 0.15) is 56.7 Å². The monoisotopic (exact) mass is 554 g/mol. The van der Waals surface area contributed by atoms with Crippen LogP contribution >= 0.6 is 0 Å². The van der Waals surface area contributed by atoms with Gasteiger partial charge in [0.1, 0.15) is 18.5 Å². The molecular formula is C32H34N4O5. The lowest BCUT2D eigenvalue weighted by molar-refractivity contribution is -0.114. The second-order valence-corrected chi connectivity index (χ2v) is 11.2. The van der Waals surface area contributed by atoms with Crippen LogP contribution in [0.25, 0.3) is 0 Å². The Morgan fingerprint density at radius 3 is 2.59 bits per heavy atom. The molecule has 3 heterocycles. The summed E-state index contributed by atoms with van der Waals surface area (Å²) >= 11 is 0. The molecule has 3 aliphatic heterocycles. The molecule has 1 fully saturated rings. The molecule has 1 atom stereocenters. The van der Waals surface area contributed by atoms with E-state index in [0.29, 0.717) is 40.3 Å². The molecular weight excluding hydrogens is 520 g/mol. The highest BCUT2D eigenvalue weighted by Gasteiger charge is 2.41. The van der Waals surface area contributed by atoms with Gasteiger partial charge in [0.2, 0.25) is 0 Å². The van der Waals surface area contributed by atoms with Crippen LogP contribution in [0.4, 0.5) is 5.69 Å². The summed E-state index contributed by atoms with van der Waals surface area (Å²) in [5.41, 5.74) is 6.22. The molecule has 0 saturated carbocycles. The van der Waals surface area contributed by atoms with E-state index in [2.05, 4.69) is 15.6 Å². The van der Waals surface area contributed by atoms with Gasteiger partial charge in [-0.1, -0.05) is 23.8 Å². The highest BCUT2D eigenvalue weighted by Crippen LogP contribution is 2.37. The first kappa shape index (κ1) is 27.1. The van der Waals surface area contributed by atoms with Crippen molar-refractivity contribution in [1.29, 1.82) is 0 Å². The highest BCUT2D eigenvalue weighted by molar-refractivity contribution is 6.29. The zero-order chi connectivity index (χ0) is 28.7. The Morgan fingerprint density at radius 1 is 1.07 bits per heavy atom. The second-order valence-electron chi connectivity index (χ2n) is 11.2. The van der Waals surface area contributed by atoms with Crippen molar-refractivity contribution in [3.8, 4) is 5.75 Å². The van der Waals surface area contributed by atoms with Gasteiger partial charge in [-0.15, -0.1) is 0 Å². The molecule has 1 aliphatic carbocycles. The smallest absolute Gasteiger partial charge is 0.261 e. The summed E-state index contributed by atoms with van der Waals surface area (Å²) in [4.78, 5) is 45.6. The maximum absolute atomic E-state index is 13.3. The van der Waals surface area contributed by atoms with Gasteiger partial charge in [0.15, 0.2) is 5.78 Å². The number of fused-ring (bicyclic) bond motifs is 2. The minimum absolute atomic E-state index is 0.0700. The molecule has 212 valence electrons. The van der Waals surface area contributed by atoms with Gasteiger partial charge in [-0.25, -0.2) is 0 Å². The van der Waals surface area contributed by atoms with Crippen molar-refractivity contribution in [3.05, 3.63) is 81.6 Å². The number of carbonyl (C=O) groups is 3. The minimum atomic E-state index is -0.850. The van der Waals surface area contributed by atoms with E-state index in [1.54, 1.807) is 24.3 Å². The lowest BCUT2D eigenvalue weighted by Gasteiger charge is -2.29. The fourth-order valence-corrected chi connectivity index (χ4v) is 6.02. The van der Waals surface area contributed by atoms with Gasteiger partial charge >= 0.3 is 0 Å². The van der Waals surface area contributed by atoms with Crippen molar-refractivity contribution >= 4 is 29.0 Å². The van der Waals surface area contributed by atoms with Crippen molar-refractivity contribution in [2.24, 2.45) is 4.99 Å². The van der Waals surface area contributed by atoms with Gasteiger partial charge in [-0.05, 0) is 75.2 Å². The lowest BCUT2D eigenvalue weighted by Crippen LogP contribution is -2.45. The third kappa shape index (κ3) is 5.23. The number of aliphatic hydroxyl groups is 1. The Balaban J connectivity index is 1.19. The van der Waals surface area contributed by atoms with Crippen molar-refractivity contribution in [1.82, 2.24) is 10.2 Å². The number of aryl methyl sites for hydroxylation is 2. The van der Waals surface area contributed by atoms with E-state index in [1.807, 2.05) is 32.0 Å². The van der Waals surface area contributed by atoms with E-state index in [9.17, 15) is 19.5 Å². The number of hydrogen-bond acceptors (Lipinski definition) is 8. The maximum atomic E-state index is 13.3. The van der Waals surface area contributed by atoms with Crippen LogP contribution in [0.15, 0.2) is 58.7 Å². The Morgan fingerprint density at radius 2 is 1.83 bits per heavy atom. The number of rotatable bonds is 6. The van der Waals surface area contributed by atoms with Gasteiger partial charge in [0, 0.05) is 30.3 Å². The maximum Gasteiger partial charge on any atom is 0.261 e. The standard InChI is InChI=1S/C32H34N4O5/c1-18-6-7-29(19(2)12-18)41-17-22(37)16-34-25-4-3-5-28(38)30(25)27-14-20-13-23-24(15-26(20)35-27)32(40)36(31(23)39)21-8-10-33-11-9-21/h3-4,6-7,12-13,15,21-22,33,35,37H,5,8-11,14,16-17H2,1-2H3/t22-/m1/s1. The summed E-state index contributed by atoms with van der Waals surface area (Å²) in [5, 5.41) is 17.2. The largest absolute Gasteiger partial charge is 0.491 e. The SMILES string of the molecule is Cc1ccc(OC[C@H](O)CN=C2C=CCC(=O)C2=C2Cc3cc4c(cc3N2)C(=O)N(C2CCNCC2)C4=O)c(C)c1. The molecule has 2 amide bonds. The third-order valence-corrected chi connectivity index (χ3v) is 8.12. The van der Waals surface area contributed by atoms with Gasteiger partial charge in [-0.2, -0.15) is 0 Å². The molecule has 3 N–H and O–H groups in total. The molecule has 0 bridgehead atoms. The Kier molecular flexibility index (Phi) is 7.32. The Labute approximate surface area is 239 Å².